The van der Waals surface area contributed by atoms with Crippen LogP contribution >= 0.6 is 11.6 Å². The molecule has 0 aliphatic carbocycles. The predicted molar refractivity (Wildman–Crippen MR) is 107 cm³/mol. The summed E-state index contributed by atoms with van der Waals surface area (Å²) in [7, 11) is -0.890. The molecule has 0 unspecified atom stereocenters. The fourth-order valence-corrected chi connectivity index (χ4v) is 3.68. The summed E-state index contributed by atoms with van der Waals surface area (Å²) in [4.78, 5) is 12.3. The zero-order chi connectivity index (χ0) is 20.7. The number of carbonyl (C=O) groups is 1. The highest BCUT2D eigenvalue weighted by molar-refractivity contribution is 7.89. The fourth-order valence-electron chi connectivity index (χ4n) is 2.43. The number of nitrogens with one attached hydrogen (secondary N) is 1. The lowest BCUT2D eigenvalue weighted by molar-refractivity contribution is -0.121. The summed E-state index contributed by atoms with van der Waals surface area (Å²) in [5.74, 6) is 0.762. The number of nitrogens with zero attached hydrogens (tertiary/aromatic N) is 1. The van der Waals surface area contributed by atoms with E-state index < -0.39 is 15.9 Å². The number of hydrogen-bond donors (Lipinski definition) is 1. The zero-order valence-electron chi connectivity index (χ0n) is 15.9. The summed E-state index contributed by atoms with van der Waals surface area (Å²) in [6.07, 6.45) is 0. The molecule has 0 saturated heterocycles. The van der Waals surface area contributed by atoms with Crippen molar-refractivity contribution in [1.29, 1.82) is 0 Å². The van der Waals surface area contributed by atoms with E-state index in [1.807, 2.05) is 13.0 Å². The second-order valence-corrected chi connectivity index (χ2v) is 8.39. The Morgan fingerprint density at radius 1 is 1.14 bits per heavy atom. The van der Waals surface area contributed by atoms with E-state index in [1.54, 1.807) is 12.1 Å². The molecule has 7 nitrogen and oxygen atoms in total. The first kappa shape index (κ1) is 22.0. The maximum Gasteiger partial charge on any atom is 0.243 e. The highest BCUT2D eigenvalue weighted by Crippen LogP contribution is 2.28. The van der Waals surface area contributed by atoms with E-state index in [0.29, 0.717) is 23.1 Å². The standard InChI is InChI=1S/C19H23ClN2O5S/c1-4-27-17-10-5-14(11-18(17)26-3)12-21-19(23)13-22(2)28(24,25)16-8-6-15(20)7-9-16/h5-11H,4,12-13H2,1-3H3,(H,21,23). The Morgan fingerprint density at radius 3 is 2.43 bits per heavy atom. The largest absolute Gasteiger partial charge is 0.493 e. The van der Waals surface area contributed by atoms with Crippen molar-refractivity contribution in [1.82, 2.24) is 9.62 Å². The second kappa shape index (κ2) is 9.77. The quantitative estimate of drug-likeness (QED) is 0.666. The van der Waals surface area contributed by atoms with Crippen LogP contribution in [0.2, 0.25) is 5.02 Å². The summed E-state index contributed by atoms with van der Waals surface area (Å²) >= 11 is 5.78. The molecule has 2 rings (SSSR count). The molecule has 28 heavy (non-hydrogen) atoms. The van der Waals surface area contributed by atoms with E-state index in [-0.39, 0.29) is 18.0 Å². The van der Waals surface area contributed by atoms with Crippen LogP contribution in [0, 0.1) is 0 Å². The smallest absolute Gasteiger partial charge is 0.243 e. The third kappa shape index (κ3) is 5.60. The van der Waals surface area contributed by atoms with Gasteiger partial charge in [-0.15, -0.1) is 0 Å². The van der Waals surface area contributed by atoms with Gasteiger partial charge in [-0.1, -0.05) is 17.7 Å². The zero-order valence-corrected chi connectivity index (χ0v) is 17.5. The van der Waals surface area contributed by atoms with Gasteiger partial charge >= 0.3 is 0 Å². The molecule has 0 bridgehead atoms. The molecule has 0 aromatic heterocycles. The van der Waals surface area contributed by atoms with E-state index in [2.05, 4.69) is 5.32 Å². The molecule has 0 radical (unpaired) electrons. The molecule has 1 N–H and O–H groups in total. The van der Waals surface area contributed by atoms with Crippen LogP contribution in [0.25, 0.3) is 0 Å². The van der Waals surface area contributed by atoms with Crippen LogP contribution in [0.15, 0.2) is 47.4 Å². The van der Waals surface area contributed by atoms with Crippen LogP contribution in [0.3, 0.4) is 0 Å². The van der Waals surface area contributed by atoms with Gasteiger partial charge in [0.1, 0.15) is 0 Å². The van der Waals surface area contributed by atoms with E-state index in [9.17, 15) is 13.2 Å². The minimum atomic E-state index is -3.78. The van der Waals surface area contributed by atoms with Crippen molar-refractivity contribution in [2.45, 2.75) is 18.4 Å². The van der Waals surface area contributed by atoms with Crippen molar-refractivity contribution in [3.05, 3.63) is 53.1 Å². The lowest BCUT2D eigenvalue weighted by Gasteiger charge is -2.17. The van der Waals surface area contributed by atoms with Crippen LogP contribution in [-0.4, -0.2) is 45.9 Å². The summed E-state index contributed by atoms with van der Waals surface area (Å²) in [5, 5.41) is 3.14. The van der Waals surface area contributed by atoms with Crippen LogP contribution in [-0.2, 0) is 21.4 Å². The Morgan fingerprint density at radius 2 is 1.82 bits per heavy atom. The highest BCUT2D eigenvalue weighted by atomic mass is 35.5. The van der Waals surface area contributed by atoms with Crippen LogP contribution in [0.1, 0.15) is 12.5 Å². The summed E-state index contributed by atoms with van der Waals surface area (Å²) < 4.78 is 36.7. The Hall–Kier alpha value is -2.29. The maximum atomic E-state index is 12.5. The molecule has 0 aliphatic heterocycles. The van der Waals surface area contributed by atoms with Crippen molar-refractivity contribution in [3.8, 4) is 11.5 Å². The van der Waals surface area contributed by atoms with Gasteiger partial charge in [-0.05, 0) is 48.9 Å². The number of hydrogen-bond acceptors (Lipinski definition) is 5. The SMILES string of the molecule is CCOc1ccc(CNC(=O)CN(C)S(=O)(=O)c2ccc(Cl)cc2)cc1OC. The Labute approximate surface area is 170 Å². The molecule has 0 heterocycles. The van der Waals surface area contributed by atoms with E-state index in [0.717, 1.165) is 9.87 Å². The Kier molecular flexibility index (Phi) is 7.68. The van der Waals surface area contributed by atoms with Gasteiger partial charge in [0.2, 0.25) is 15.9 Å². The molecular weight excluding hydrogens is 404 g/mol. The van der Waals surface area contributed by atoms with Gasteiger partial charge < -0.3 is 14.8 Å². The summed E-state index contributed by atoms with van der Waals surface area (Å²) in [6, 6.07) is 11.1. The molecule has 2 aromatic carbocycles. The van der Waals surface area contributed by atoms with Crippen LogP contribution in [0.5, 0.6) is 11.5 Å². The first-order valence-corrected chi connectivity index (χ1v) is 10.4. The third-order valence-electron chi connectivity index (χ3n) is 3.91. The monoisotopic (exact) mass is 426 g/mol. The van der Waals surface area contributed by atoms with Gasteiger partial charge in [-0.2, -0.15) is 4.31 Å². The molecule has 2 aromatic rings. The average molecular weight is 427 g/mol. The Balaban J connectivity index is 1.97. The number of ether oxygens (including phenoxy) is 2. The Bertz CT molecular complexity index is 916. The van der Waals surface area contributed by atoms with Crippen LogP contribution in [0.4, 0.5) is 0 Å². The van der Waals surface area contributed by atoms with Crippen molar-refractivity contribution in [2.75, 3.05) is 27.3 Å². The van der Waals surface area contributed by atoms with Crippen LogP contribution < -0.4 is 14.8 Å². The number of likely N-dealkylation sites (N-methyl/N-ethyl adjacent to an activating group) is 1. The molecule has 0 fully saturated rings. The summed E-state index contributed by atoms with van der Waals surface area (Å²) in [6.45, 7) is 2.32. The fraction of sp³-hybridized carbons (Fsp3) is 0.316. The molecule has 1 amide bonds. The minimum Gasteiger partial charge on any atom is -0.493 e. The van der Waals surface area contributed by atoms with Crippen molar-refractivity contribution in [3.63, 3.8) is 0 Å². The third-order valence-corrected chi connectivity index (χ3v) is 5.98. The molecule has 0 aliphatic rings. The molecule has 0 spiro atoms. The molecule has 0 atom stereocenters. The number of sulfonamides is 1. The predicted octanol–water partition coefficient (Wildman–Crippen LogP) is 2.68. The van der Waals surface area contributed by atoms with Crippen molar-refractivity contribution < 1.29 is 22.7 Å². The molecular formula is C19H23ClN2O5S. The lowest BCUT2D eigenvalue weighted by Crippen LogP contribution is -2.38. The van der Waals surface area contributed by atoms with E-state index in [1.165, 1.54) is 38.4 Å². The minimum absolute atomic E-state index is 0.0726. The summed E-state index contributed by atoms with van der Waals surface area (Å²) in [5.41, 5.74) is 0.803. The highest BCUT2D eigenvalue weighted by Gasteiger charge is 2.22. The number of rotatable bonds is 9. The van der Waals surface area contributed by atoms with Gasteiger partial charge in [-0.3, -0.25) is 4.79 Å². The number of carbonyl (C=O) groups excluding carboxylic acids is 1. The molecule has 0 saturated carbocycles. The normalized spacial score (nSPS) is 11.3. The van der Waals surface area contributed by atoms with Gasteiger partial charge in [0, 0.05) is 18.6 Å². The molecule has 9 heteroatoms. The number of methoxy groups -OCH3 is 1. The molecule has 152 valence electrons. The van der Waals surface area contributed by atoms with Crippen molar-refractivity contribution >= 4 is 27.5 Å². The first-order chi connectivity index (χ1) is 13.3. The first-order valence-electron chi connectivity index (χ1n) is 8.56. The van der Waals surface area contributed by atoms with Gasteiger partial charge in [0.05, 0.1) is 25.2 Å². The average Bonchev–Trinajstić information content (AvgIpc) is 2.67. The maximum absolute atomic E-state index is 12.5. The van der Waals surface area contributed by atoms with E-state index >= 15 is 0 Å². The number of halogens is 1. The van der Waals surface area contributed by atoms with Gasteiger partial charge in [0.25, 0.3) is 0 Å². The van der Waals surface area contributed by atoms with Gasteiger partial charge in [0.15, 0.2) is 11.5 Å². The van der Waals surface area contributed by atoms with E-state index in [4.69, 9.17) is 21.1 Å². The number of amides is 1. The lowest BCUT2D eigenvalue weighted by atomic mass is 10.2. The number of benzene rings is 2. The van der Waals surface area contributed by atoms with Gasteiger partial charge in [-0.25, -0.2) is 8.42 Å². The second-order valence-electron chi connectivity index (χ2n) is 5.91. The van der Waals surface area contributed by atoms with Crippen molar-refractivity contribution in [2.24, 2.45) is 0 Å². The topological polar surface area (TPSA) is 84.9 Å².